The van der Waals surface area contributed by atoms with Gasteiger partial charge < -0.3 is 9.64 Å². The fourth-order valence-corrected chi connectivity index (χ4v) is 2.72. The van der Waals surface area contributed by atoms with Crippen molar-refractivity contribution in [2.24, 2.45) is 0 Å². The summed E-state index contributed by atoms with van der Waals surface area (Å²) in [6.45, 7) is 8.53. The van der Waals surface area contributed by atoms with Gasteiger partial charge >= 0.3 is 0 Å². The highest BCUT2D eigenvalue weighted by atomic mass is 19.1. The third-order valence-electron chi connectivity index (χ3n) is 3.83. The number of aryl methyl sites for hydroxylation is 2. The maximum absolute atomic E-state index is 13.3. The number of rotatable bonds is 5. The topological polar surface area (TPSA) is 12.5 Å². The molecule has 2 rings (SSSR count). The first-order chi connectivity index (χ1) is 10.5. The molecule has 0 atom stereocenters. The molecule has 0 aliphatic carbocycles. The minimum atomic E-state index is -0.238. The molecule has 0 unspecified atom stereocenters. The minimum Gasteiger partial charge on any atom is -0.496 e. The Labute approximate surface area is 131 Å². The first-order valence-corrected chi connectivity index (χ1v) is 7.23. The lowest BCUT2D eigenvalue weighted by atomic mass is 10.1. The van der Waals surface area contributed by atoms with Gasteiger partial charge in [0.05, 0.1) is 7.11 Å². The molecule has 3 heteroatoms. The van der Waals surface area contributed by atoms with E-state index >= 15 is 0 Å². The molecule has 0 amide bonds. The summed E-state index contributed by atoms with van der Waals surface area (Å²) in [4.78, 5) is 2.14. The number of nitrogens with zero attached hydrogens (tertiary/aromatic N) is 1. The van der Waals surface area contributed by atoms with Gasteiger partial charge in [0.1, 0.15) is 11.6 Å². The van der Waals surface area contributed by atoms with Gasteiger partial charge in [-0.15, -0.1) is 0 Å². The molecule has 0 N–H and O–H groups in total. The standard InChI is InChI=1S/C19H22FNO/c1-6-15-11-17(20)8-7-16(15)12-21(4)18-9-13(2)19(22-5)14(3)10-18/h6-11H,1,12H2,2-5H3. The second-order valence-electron chi connectivity index (χ2n) is 5.52. The largest absolute Gasteiger partial charge is 0.496 e. The van der Waals surface area contributed by atoms with Crippen molar-refractivity contribution in [3.8, 4) is 5.75 Å². The normalized spacial score (nSPS) is 10.4. The predicted molar refractivity (Wildman–Crippen MR) is 91.1 cm³/mol. The summed E-state index contributed by atoms with van der Waals surface area (Å²) in [6, 6.07) is 9.01. The van der Waals surface area contributed by atoms with Gasteiger partial charge in [0.15, 0.2) is 0 Å². The molecule has 0 aliphatic rings. The lowest BCUT2D eigenvalue weighted by Gasteiger charge is -2.23. The Hall–Kier alpha value is -2.29. The van der Waals surface area contributed by atoms with Crippen molar-refractivity contribution in [3.05, 3.63) is 65.0 Å². The van der Waals surface area contributed by atoms with E-state index < -0.39 is 0 Å². The van der Waals surface area contributed by atoms with Crippen molar-refractivity contribution in [2.75, 3.05) is 19.1 Å². The van der Waals surface area contributed by atoms with E-state index in [1.807, 2.05) is 27.0 Å². The van der Waals surface area contributed by atoms with Crippen LogP contribution in [0.5, 0.6) is 5.75 Å². The molecular formula is C19H22FNO. The second kappa shape index (κ2) is 6.65. The number of hydrogen-bond donors (Lipinski definition) is 0. The molecule has 0 spiro atoms. The highest BCUT2D eigenvalue weighted by molar-refractivity contribution is 5.58. The van der Waals surface area contributed by atoms with Crippen molar-refractivity contribution < 1.29 is 9.13 Å². The highest BCUT2D eigenvalue weighted by Gasteiger charge is 2.10. The van der Waals surface area contributed by atoms with E-state index in [2.05, 4.69) is 23.6 Å². The van der Waals surface area contributed by atoms with Gasteiger partial charge in [-0.25, -0.2) is 4.39 Å². The fourth-order valence-electron chi connectivity index (χ4n) is 2.72. The van der Waals surface area contributed by atoms with Crippen molar-refractivity contribution in [1.82, 2.24) is 0 Å². The number of hydrogen-bond acceptors (Lipinski definition) is 2. The average molecular weight is 299 g/mol. The molecule has 0 saturated carbocycles. The summed E-state index contributed by atoms with van der Waals surface area (Å²) in [6.07, 6.45) is 1.69. The Balaban J connectivity index is 2.30. The third-order valence-corrected chi connectivity index (χ3v) is 3.83. The zero-order chi connectivity index (χ0) is 16.3. The van der Waals surface area contributed by atoms with Crippen molar-refractivity contribution in [3.63, 3.8) is 0 Å². The fraction of sp³-hybridized carbons (Fsp3) is 0.263. The molecule has 0 radical (unpaired) electrons. The van der Waals surface area contributed by atoms with Crippen LogP contribution in [0.15, 0.2) is 36.9 Å². The Kier molecular flexibility index (Phi) is 4.86. The molecule has 0 saturated heterocycles. The van der Waals surface area contributed by atoms with Crippen LogP contribution in [0.1, 0.15) is 22.3 Å². The third kappa shape index (κ3) is 3.30. The molecule has 0 aliphatic heterocycles. The van der Waals surface area contributed by atoms with Crippen LogP contribution in [-0.4, -0.2) is 14.2 Å². The van der Waals surface area contributed by atoms with E-state index in [0.29, 0.717) is 6.54 Å². The SMILES string of the molecule is C=Cc1cc(F)ccc1CN(C)c1cc(C)c(OC)c(C)c1. The molecule has 0 heterocycles. The van der Waals surface area contributed by atoms with Crippen molar-refractivity contribution in [1.29, 1.82) is 0 Å². The maximum Gasteiger partial charge on any atom is 0.124 e. The summed E-state index contributed by atoms with van der Waals surface area (Å²) >= 11 is 0. The summed E-state index contributed by atoms with van der Waals surface area (Å²) in [5.41, 5.74) is 5.19. The van der Waals surface area contributed by atoms with Crippen LogP contribution in [0.3, 0.4) is 0 Å². The van der Waals surface area contributed by atoms with E-state index in [-0.39, 0.29) is 5.82 Å². The number of halogens is 1. The first-order valence-electron chi connectivity index (χ1n) is 7.23. The molecule has 2 aromatic carbocycles. The minimum absolute atomic E-state index is 0.238. The van der Waals surface area contributed by atoms with Crippen LogP contribution in [-0.2, 0) is 6.54 Å². The van der Waals surface area contributed by atoms with Crippen LogP contribution in [0, 0.1) is 19.7 Å². The molecule has 2 nitrogen and oxygen atoms in total. The van der Waals surface area contributed by atoms with Gasteiger partial charge in [0, 0.05) is 19.3 Å². The molecule has 2 aromatic rings. The summed E-state index contributed by atoms with van der Waals surface area (Å²) in [5, 5.41) is 0. The van der Waals surface area contributed by atoms with E-state index in [1.54, 1.807) is 13.2 Å². The van der Waals surface area contributed by atoms with Gasteiger partial charge in [0.25, 0.3) is 0 Å². The van der Waals surface area contributed by atoms with Crippen molar-refractivity contribution >= 4 is 11.8 Å². The predicted octanol–water partition coefficient (Wildman–Crippen LogP) is 4.73. The molecular weight excluding hydrogens is 277 g/mol. The number of ether oxygens (including phenoxy) is 1. The van der Waals surface area contributed by atoms with E-state index in [1.165, 1.54) is 12.1 Å². The number of benzene rings is 2. The van der Waals surface area contributed by atoms with Crippen LogP contribution >= 0.6 is 0 Å². The van der Waals surface area contributed by atoms with Gasteiger partial charge in [-0.2, -0.15) is 0 Å². The van der Waals surface area contributed by atoms with Crippen LogP contribution < -0.4 is 9.64 Å². The molecule has 22 heavy (non-hydrogen) atoms. The zero-order valence-corrected chi connectivity index (χ0v) is 13.6. The van der Waals surface area contributed by atoms with Crippen LogP contribution in [0.4, 0.5) is 10.1 Å². The second-order valence-corrected chi connectivity index (χ2v) is 5.52. The molecule has 0 aromatic heterocycles. The highest BCUT2D eigenvalue weighted by Crippen LogP contribution is 2.29. The van der Waals surface area contributed by atoms with Gasteiger partial charge in [-0.1, -0.05) is 18.7 Å². The quantitative estimate of drug-likeness (QED) is 0.791. The molecule has 0 fully saturated rings. The molecule has 116 valence electrons. The Morgan fingerprint density at radius 2 is 1.82 bits per heavy atom. The number of methoxy groups -OCH3 is 1. The smallest absolute Gasteiger partial charge is 0.124 e. The van der Waals surface area contributed by atoms with Crippen molar-refractivity contribution in [2.45, 2.75) is 20.4 Å². The van der Waals surface area contributed by atoms with E-state index in [9.17, 15) is 4.39 Å². The lowest BCUT2D eigenvalue weighted by molar-refractivity contribution is 0.408. The summed E-state index contributed by atoms with van der Waals surface area (Å²) in [7, 11) is 3.71. The molecule has 0 bridgehead atoms. The van der Waals surface area contributed by atoms with Crippen LogP contribution in [0.25, 0.3) is 6.08 Å². The monoisotopic (exact) mass is 299 g/mol. The Bertz CT molecular complexity index is 671. The van der Waals surface area contributed by atoms with E-state index in [0.717, 1.165) is 33.7 Å². The Morgan fingerprint density at radius 1 is 1.18 bits per heavy atom. The lowest BCUT2D eigenvalue weighted by Crippen LogP contribution is -2.17. The van der Waals surface area contributed by atoms with Gasteiger partial charge in [-0.3, -0.25) is 0 Å². The van der Waals surface area contributed by atoms with Crippen LogP contribution in [0.2, 0.25) is 0 Å². The zero-order valence-electron chi connectivity index (χ0n) is 13.6. The Morgan fingerprint density at radius 3 is 2.36 bits per heavy atom. The number of anilines is 1. The van der Waals surface area contributed by atoms with Gasteiger partial charge in [0.2, 0.25) is 0 Å². The summed E-state index contributed by atoms with van der Waals surface area (Å²) in [5.74, 6) is 0.683. The van der Waals surface area contributed by atoms with E-state index in [4.69, 9.17) is 4.74 Å². The average Bonchev–Trinajstić information content (AvgIpc) is 2.48. The van der Waals surface area contributed by atoms with Gasteiger partial charge in [-0.05, 0) is 60.4 Å². The maximum atomic E-state index is 13.3. The summed E-state index contributed by atoms with van der Waals surface area (Å²) < 4.78 is 18.7. The first kappa shape index (κ1) is 16.1.